The van der Waals surface area contributed by atoms with Gasteiger partial charge in [-0.15, -0.1) is 0 Å². The minimum Gasteiger partial charge on any atom is -0.492 e. The Hall–Kier alpha value is -2.00. The molecule has 3 heteroatoms. The maximum absolute atomic E-state index is 5.69. The molecular formula is C20H20BrNO. The van der Waals surface area contributed by atoms with E-state index in [4.69, 9.17) is 4.74 Å². The van der Waals surface area contributed by atoms with E-state index in [-0.39, 0.29) is 0 Å². The van der Waals surface area contributed by atoms with Gasteiger partial charge >= 0.3 is 0 Å². The normalized spacial score (nSPS) is 10.7. The predicted molar refractivity (Wildman–Crippen MR) is 101 cm³/mol. The van der Waals surface area contributed by atoms with Crippen LogP contribution in [0.3, 0.4) is 0 Å². The first-order chi connectivity index (χ1) is 11.3. The van der Waals surface area contributed by atoms with Gasteiger partial charge in [0.05, 0.1) is 11.1 Å². The molecule has 1 N–H and O–H groups in total. The Bertz CT molecular complexity index is 795. The molecule has 0 fully saturated rings. The quantitative estimate of drug-likeness (QED) is 0.574. The Balaban J connectivity index is 1.74. The highest BCUT2D eigenvalue weighted by molar-refractivity contribution is 9.10. The summed E-state index contributed by atoms with van der Waals surface area (Å²) in [6, 6.07) is 21.0. The second-order valence-electron chi connectivity index (χ2n) is 5.49. The van der Waals surface area contributed by atoms with Crippen molar-refractivity contribution in [1.29, 1.82) is 0 Å². The van der Waals surface area contributed by atoms with Gasteiger partial charge in [-0.05, 0) is 51.5 Å². The number of hydrogen-bond acceptors (Lipinski definition) is 2. The second kappa shape index (κ2) is 7.51. The summed E-state index contributed by atoms with van der Waals surface area (Å²) in [6.07, 6.45) is 1.01. The Morgan fingerprint density at radius 2 is 1.83 bits per heavy atom. The second-order valence-corrected chi connectivity index (χ2v) is 6.35. The highest BCUT2D eigenvalue weighted by Gasteiger charge is 2.04. The van der Waals surface area contributed by atoms with E-state index in [0.717, 1.165) is 35.5 Å². The molecule has 0 unspecified atom stereocenters. The van der Waals surface area contributed by atoms with Crippen molar-refractivity contribution in [3.8, 4) is 5.75 Å². The van der Waals surface area contributed by atoms with Gasteiger partial charge in [0, 0.05) is 17.6 Å². The van der Waals surface area contributed by atoms with E-state index in [1.807, 2.05) is 6.07 Å². The van der Waals surface area contributed by atoms with Crippen molar-refractivity contribution >= 4 is 32.4 Å². The first-order valence-electron chi connectivity index (χ1n) is 7.91. The van der Waals surface area contributed by atoms with Gasteiger partial charge in [0.2, 0.25) is 0 Å². The van der Waals surface area contributed by atoms with Gasteiger partial charge in [0.1, 0.15) is 5.75 Å². The summed E-state index contributed by atoms with van der Waals surface area (Å²) in [5, 5.41) is 6.03. The molecule has 0 aliphatic carbocycles. The molecule has 3 aromatic rings. The van der Waals surface area contributed by atoms with Gasteiger partial charge in [-0.2, -0.15) is 0 Å². The van der Waals surface area contributed by atoms with Crippen LogP contribution in [0.25, 0.3) is 10.8 Å². The zero-order chi connectivity index (χ0) is 16.1. The molecule has 23 heavy (non-hydrogen) atoms. The van der Waals surface area contributed by atoms with Crippen molar-refractivity contribution in [2.24, 2.45) is 0 Å². The summed E-state index contributed by atoms with van der Waals surface area (Å²) in [6.45, 7) is 3.63. The number of ether oxygens (including phenoxy) is 1. The van der Waals surface area contributed by atoms with Crippen molar-refractivity contribution in [2.75, 3.05) is 11.9 Å². The fraction of sp³-hybridized carbons (Fsp3) is 0.200. The van der Waals surface area contributed by atoms with Crippen molar-refractivity contribution in [3.63, 3.8) is 0 Å². The lowest BCUT2D eigenvalue weighted by Crippen LogP contribution is -2.01. The van der Waals surface area contributed by atoms with Crippen molar-refractivity contribution in [3.05, 3.63) is 70.7 Å². The maximum atomic E-state index is 5.69. The number of benzene rings is 3. The standard InChI is InChI=1S/C20H20BrNO/c1-2-12-23-20-11-10-15(13-18(20)21)14-22-19-9-5-7-16-6-3-4-8-17(16)19/h3-11,13,22H,2,12,14H2,1H3. The Labute approximate surface area is 145 Å². The number of rotatable bonds is 6. The highest BCUT2D eigenvalue weighted by Crippen LogP contribution is 2.27. The van der Waals surface area contributed by atoms with E-state index in [1.165, 1.54) is 16.3 Å². The molecule has 0 aliphatic heterocycles. The van der Waals surface area contributed by atoms with E-state index in [2.05, 4.69) is 82.8 Å². The Morgan fingerprint density at radius 3 is 2.65 bits per heavy atom. The maximum Gasteiger partial charge on any atom is 0.133 e. The SMILES string of the molecule is CCCOc1ccc(CNc2cccc3ccccc23)cc1Br. The molecule has 0 saturated carbocycles. The van der Waals surface area contributed by atoms with Crippen LogP contribution >= 0.6 is 15.9 Å². The highest BCUT2D eigenvalue weighted by atomic mass is 79.9. The lowest BCUT2D eigenvalue weighted by atomic mass is 10.1. The minimum absolute atomic E-state index is 0.742. The molecular weight excluding hydrogens is 350 g/mol. The number of halogens is 1. The third kappa shape index (κ3) is 3.85. The molecule has 0 atom stereocenters. The monoisotopic (exact) mass is 369 g/mol. The van der Waals surface area contributed by atoms with Crippen molar-refractivity contribution in [1.82, 2.24) is 0 Å². The van der Waals surface area contributed by atoms with Crippen LogP contribution in [0.2, 0.25) is 0 Å². The molecule has 0 heterocycles. The fourth-order valence-corrected chi connectivity index (χ4v) is 3.10. The minimum atomic E-state index is 0.742. The summed E-state index contributed by atoms with van der Waals surface area (Å²) in [5.74, 6) is 0.903. The first-order valence-corrected chi connectivity index (χ1v) is 8.70. The average Bonchev–Trinajstić information content (AvgIpc) is 2.59. The van der Waals surface area contributed by atoms with Gasteiger partial charge in [-0.25, -0.2) is 0 Å². The van der Waals surface area contributed by atoms with E-state index in [0.29, 0.717) is 0 Å². The zero-order valence-corrected chi connectivity index (χ0v) is 14.8. The molecule has 3 aromatic carbocycles. The summed E-state index contributed by atoms with van der Waals surface area (Å²) in [4.78, 5) is 0. The van der Waals surface area contributed by atoms with E-state index in [9.17, 15) is 0 Å². The number of nitrogens with one attached hydrogen (secondary N) is 1. The Kier molecular flexibility index (Phi) is 5.19. The third-order valence-corrected chi connectivity index (χ3v) is 4.35. The number of anilines is 1. The predicted octanol–water partition coefficient (Wildman–Crippen LogP) is 6.00. The van der Waals surface area contributed by atoms with Crippen LogP contribution in [0.1, 0.15) is 18.9 Å². The molecule has 3 rings (SSSR count). The molecule has 2 nitrogen and oxygen atoms in total. The van der Waals surface area contributed by atoms with Crippen LogP contribution in [0.4, 0.5) is 5.69 Å². The van der Waals surface area contributed by atoms with E-state index in [1.54, 1.807) is 0 Å². The molecule has 0 radical (unpaired) electrons. The van der Waals surface area contributed by atoms with Crippen LogP contribution in [0.15, 0.2) is 65.1 Å². The molecule has 118 valence electrons. The summed E-state index contributed by atoms with van der Waals surface area (Å²) in [5.41, 5.74) is 2.37. The van der Waals surface area contributed by atoms with Gasteiger partial charge < -0.3 is 10.1 Å². The van der Waals surface area contributed by atoms with Crippen LogP contribution in [0.5, 0.6) is 5.75 Å². The van der Waals surface area contributed by atoms with E-state index < -0.39 is 0 Å². The van der Waals surface area contributed by atoms with Crippen molar-refractivity contribution < 1.29 is 4.74 Å². The fourth-order valence-electron chi connectivity index (χ4n) is 2.56. The van der Waals surface area contributed by atoms with Gasteiger partial charge in [-0.3, -0.25) is 0 Å². The topological polar surface area (TPSA) is 21.3 Å². The lowest BCUT2D eigenvalue weighted by Gasteiger charge is -2.12. The number of hydrogen-bond donors (Lipinski definition) is 1. The average molecular weight is 370 g/mol. The lowest BCUT2D eigenvalue weighted by molar-refractivity contribution is 0.315. The Morgan fingerprint density at radius 1 is 1.00 bits per heavy atom. The van der Waals surface area contributed by atoms with Gasteiger partial charge in [0.25, 0.3) is 0 Å². The third-order valence-electron chi connectivity index (χ3n) is 3.73. The van der Waals surface area contributed by atoms with Crippen LogP contribution in [-0.4, -0.2) is 6.61 Å². The summed E-state index contributed by atoms with van der Waals surface area (Å²) in [7, 11) is 0. The summed E-state index contributed by atoms with van der Waals surface area (Å²) >= 11 is 3.59. The molecule has 0 spiro atoms. The van der Waals surface area contributed by atoms with Crippen LogP contribution in [0, 0.1) is 0 Å². The van der Waals surface area contributed by atoms with Crippen LogP contribution in [-0.2, 0) is 6.54 Å². The van der Waals surface area contributed by atoms with Gasteiger partial charge in [-0.1, -0.05) is 49.4 Å². The molecule has 0 saturated heterocycles. The van der Waals surface area contributed by atoms with Crippen molar-refractivity contribution in [2.45, 2.75) is 19.9 Å². The van der Waals surface area contributed by atoms with Gasteiger partial charge in [0.15, 0.2) is 0 Å². The molecule has 0 amide bonds. The summed E-state index contributed by atoms with van der Waals surface area (Å²) < 4.78 is 6.70. The zero-order valence-electron chi connectivity index (χ0n) is 13.2. The molecule has 0 aliphatic rings. The first kappa shape index (κ1) is 15.9. The van der Waals surface area contributed by atoms with Crippen LogP contribution < -0.4 is 10.1 Å². The number of fused-ring (bicyclic) bond motifs is 1. The smallest absolute Gasteiger partial charge is 0.133 e. The molecule has 0 aromatic heterocycles. The largest absolute Gasteiger partial charge is 0.492 e. The molecule has 0 bridgehead atoms. The van der Waals surface area contributed by atoms with E-state index >= 15 is 0 Å².